The highest BCUT2D eigenvalue weighted by Gasteiger charge is 2.22. The highest BCUT2D eigenvalue weighted by molar-refractivity contribution is 5.34. The van der Waals surface area contributed by atoms with E-state index in [1.165, 1.54) is 6.08 Å². The van der Waals surface area contributed by atoms with Crippen LogP contribution in [0.15, 0.2) is 28.8 Å². The second-order valence-electron chi connectivity index (χ2n) is 6.69. The minimum atomic E-state index is -0.527. The number of nitrogens with zero attached hydrogens (tertiary/aromatic N) is 1. The van der Waals surface area contributed by atoms with Crippen LogP contribution in [0.1, 0.15) is 48.0 Å². The maximum absolute atomic E-state index is 10.2. The van der Waals surface area contributed by atoms with Gasteiger partial charge in [0.05, 0.1) is 0 Å². The summed E-state index contributed by atoms with van der Waals surface area (Å²) < 4.78 is 0. The topological polar surface area (TPSA) is 55.4 Å². The van der Waals surface area contributed by atoms with Crippen molar-refractivity contribution in [2.24, 2.45) is 21.6 Å². The fourth-order valence-corrected chi connectivity index (χ4v) is 1.35. The third kappa shape index (κ3) is 5.95. The lowest BCUT2D eigenvalue weighted by molar-refractivity contribution is 0.458. The van der Waals surface area contributed by atoms with Gasteiger partial charge in [-0.3, -0.25) is 0 Å². The van der Waals surface area contributed by atoms with Gasteiger partial charge < -0.3 is 5.73 Å². The normalized spacial score (nSPS) is 14.9. The number of allylic oxidation sites excluding steroid dienone is 2. The first-order valence-corrected chi connectivity index (χ1v) is 6.21. The number of rotatable bonds is 4. The summed E-state index contributed by atoms with van der Waals surface area (Å²) >= 11 is 0. The molecule has 0 aromatic carbocycles. The molecule has 2 N–H and O–H groups in total. The molecule has 3 nitrogen and oxygen atoms in total. The van der Waals surface area contributed by atoms with E-state index in [1.807, 2.05) is 0 Å². The zero-order chi connectivity index (χ0) is 14.6. The molecule has 1 atom stereocenters. The summed E-state index contributed by atoms with van der Waals surface area (Å²) in [5, 5.41) is 0. The molecule has 1 unspecified atom stereocenters. The highest BCUT2D eigenvalue weighted by atomic mass is 16.1. The molecule has 102 valence electrons. The van der Waals surface area contributed by atoms with Gasteiger partial charge in [0, 0.05) is 6.42 Å². The fourth-order valence-electron chi connectivity index (χ4n) is 1.35. The molecule has 0 bridgehead atoms. The Bertz CT molecular complexity index is 374. The molecule has 0 spiro atoms. The quantitative estimate of drug-likeness (QED) is 0.471. The van der Waals surface area contributed by atoms with E-state index in [0.29, 0.717) is 6.42 Å². The van der Waals surface area contributed by atoms with E-state index in [2.05, 4.69) is 59.2 Å². The van der Waals surface area contributed by atoms with Crippen molar-refractivity contribution in [2.75, 3.05) is 0 Å². The van der Waals surface area contributed by atoms with Gasteiger partial charge in [-0.2, -0.15) is 4.99 Å². The van der Waals surface area contributed by atoms with Crippen LogP contribution in [-0.2, 0) is 4.79 Å². The number of hydrogen-bond acceptors (Lipinski definition) is 3. The van der Waals surface area contributed by atoms with Crippen molar-refractivity contribution in [3.8, 4) is 0 Å². The Labute approximate surface area is 111 Å². The van der Waals surface area contributed by atoms with Crippen molar-refractivity contribution >= 4 is 6.08 Å². The van der Waals surface area contributed by atoms with E-state index in [4.69, 9.17) is 5.73 Å². The van der Waals surface area contributed by atoms with E-state index in [0.717, 1.165) is 11.1 Å². The van der Waals surface area contributed by atoms with Crippen molar-refractivity contribution in [1.29, 1.82) is 0 Å². The minimum Gasteiger partial charge on any atom is -0.309 e. The summed E-state index contributed by atoms with van der Waals surface area (Å²) in [4.78, 5) is 13.8. The van der Waals surface area contributed by atoms with Gasteiger partial charge in [-0.05, 0) is 16.4 Å². The SMILES string of the molecule is C=C(/C=C(\CC(N)N=C=O)C(C)(C)C)C(C)(C)C. The molecule has 0 saturated heterocycles. The van der Waals surface area contributed by atoms with Crippen LogP contribution in [0.3, 0.4) is 0 Å². The van der Waals surface area contributed by atoms with Crippen molar-refractivity contribution in [2.45, 2.75) is 54.1 Å². The van der Waals surface area contributed by atoms with E-state index in [1.54, 1.807) is 0 Å². The van der Waals surface area contributed by atoms with Crippen LogP contribution < -0.4 is 5.73 Å². The Morgan fingerprint density at radius 3 is 2.11 bits per heavy atom. The largest absolute Gasteiger partial charge is 0.309 e. The van der Waals surface area contributed by atoms with Crippen LogP contribution in [0, 0.1) is 10.8 Å². The molecule has 3 heteroatoms. The molecule has 0 radical (unpaired) electrons. The van der Waals surface area contributed by atoms with Crippen LogP contribution in [0.25, 0.3) is 0 Å². The molecule has 18 heavy (non-hydrogen) atoms. The minimum absolute atomic E-state index is 0.0223. The number of isocyanates is 1. The molecule has 0 fully saturated rings. The third-order valence-corrected chi connectivity index (χ3v) is 2.92. The summed E-state index contributed by atoms with van der Waals surface area (Å²) in [6, 6.07) is 0. The average molecular weight is 250 g/mol. The number of aliphatic imine (C=N–C) groups is 1. The zero-order valence-corrected chi connectivity index (χ0v) is 12.5. The maximum atomic E-state index is 10.2. The predicted octanol–water partition coefficient (Wildman–Crippen LogP) is 3.57. The fraction of sp³-hybridized carbons (Fsp3) is 0.667. The molecular weight excluding hydrogens is 224 g/mol. The molecule has 0 amide bonds. The number of hydrogen-bond donors (Lipinski definition) is 1. The first-order chi connectivity index (χ1) is 7.98. The average Bonchev–Trinajstić information content (AvgIpc) is 2.13. The lowest BCUT2D eigenvalue weighted by Crippen LogP contribution is -2.23. The van der Waals surface area contributed by atoms with Crippen LogP contribution in [0.4, 0.5) is 0 Å². The Morgan fingerprint density at radius 1 is 1.28 bits per heavy atom. The summed E-state index contributed by atoms with van der Waals surface area (Å²) in [5.74, 6) is 0. The van der Waals surface area contributed by atoms with Gasteiger partial charge in [0.15, 0.2) is 0 Å². The molecule has 0 aromatic heterocycles. The Balaban J connectivity index is 5.21. The van der Waals surface area contributed by atoms with Crippen LogP contribution in [0.5, 0.6) is 0 Å². The monoisotopic (exact) mass is 250 g/mol. The predicted molar refractivity (Wildman–Crippen MR) is 76.8 cm³/mol. The first kappa shape index (κ1) is 16.8. The number of carbonyl (C=O) groups excluding carboxylic acids is 1. The van der Waals surface area contributed by atoms with E-state index in [-0.39, 0.29) is 10.8 Å². The van der Waals surface area contributed by atoms with Gasteiger partial charge in [0.25, 0.3) is 0 Å². The second kappa shape index (κ2) is 6.12. The summed E-state index contributed by atoms with van der Waals surface area (Å²) in [7, 11) is 0. The van der Waals surface area contributed by atoms with Gasteiger partial charge in [-0.1, -0.05) is 59.8 Å². The van der Waals surface area contributed by atoms with Gasteiger partial charge in [-0.15, -0.1) is 0 Å². The standard InChI is InChI=1S/C15H26N2O/c1-11(14(2,3)4)8-12(15(5,6)7)9-13(16)17-10-18/h8,13H,1,9,16H2,2-7H3/b12-8+. The Kier molecular flexibility index (Phi) is 5.72. The number of nitrogens with two attached hydrogens (primary N) is 1. The third-order valence-electron chi connectivity index (χ3n) is 2.92. The molecular formula is C15H26N2O. The van der Waals surface area contributed by atoms with Gasteiger partial charge in [-0.25, -0.2) is 4.79 Å². The van der Waals surface area contributed by atoms with Crippen molar-refractivity contribution in [3.05, 3.63) is 23.8 Å². The van der Waals surface area contributed by atoms with Crippen molar-refractivity contribution in [1.82, 2.24) is 0 Å². The molecule has 0 aliphatic heterocycles. The summed E-state index contributed by atoms with van der Waals surface area (Å²) in [6.07, 6.45) is 3.61. The molecule has 0 aliphatic rings. The smallest absolute Gasteiger partial charge is 0.236 e. The van der Waals surface area contributed by atoms with Crippen molar-refractivity contribution < 1.29 is 4.79 Å². The lowest BCUT2D eigenvalue weighted by Gasteiger charge is -2.27. The van der Waals surface area contributed by atoms with Gasteiger partial charge in [0.1, 0.15) is 6.17 Å². The van der Waals surface area contributed by atoms with Gasteiger partial charge >= 0.3 is 0 Å². The zero-order valence-electron chi connectivity index (χ0n) is 12.5. The molecule has 0 saturated carbocycles. The van der Waals surface area contributed by atoms with E-state index >= 15 is 0 Å². The van der Waals surface area contributed by atoms with E-state index < -0.39 is 6.17 Å². The van der Waals surface area contributed by atoms with Crippen LogP contribution >= 0.6 is 0 Å². The first-order valence-electron chi connectivity index (χ1n) is 6.21. The molecule has 0 rings (SSSR count). The van der Waals surface area contributed by atoms with Gasteiger partial charge in [0.2, 0.25) is 6.08 Å². The van der Waals surface area contributed by atoms with E-state index in [9.17, 15) is 4.79 Å². The lowest BCUT2D eigenvalue weighted by atomic mass is 9.79. The van der Waals surface area contributed by atoms with Crippen molar-refractivity contribution in [3.63, 3.8) is 0 Å². The summed E-state index contributed by atoms with van der Waals surface area (Å²) in [5.41, 5.74) is 7.96. The molecule has 0 aromatic rings. The van der Waals surface area contributed by atoms with Crippen LogP contribution in [-0.4, -0.2) is 12.2 Å². The van der Waals surface area contributed by atoms with Crippen LogP contribution in [0.2, 0.25) is 0 Å². The Hall–Kier alpha value is -1.18. The summed E-state index contributed by atoms with van der Waals surface area (Å²) in [6.45, 7) is 16.8. The maximum Gasteiger partial charge on any atom is 0.236 e. The Morgan fingerprint density at radius 2 is 1.78 bits per heavy atom. The highest BCUT2D eigenvalue weighted by Crippen LogP contribution is 2.33. The molecule has 0 aliphatic carbocycles. The second-order valence-corrected chi connectivity index (χ2v) is 6.69. The molecule has 0 heterocycles.